The van der Waals surface area contributed by atoms with Crippen LogP contribution in [0.1, 0.15) is 11.7 Å². The lowest BCUT2D eigenvalue weighted by Gasteiger charge is -2.14. The molecule has 1 aromatic rings. The van der Waals surface area contributed by atoms with Crippen molar-refractivity contribution >= 4 is 12.4 Å². The zero-order valence-corrected chi connectivity index (χ0v) is 9.17. The van der Waals surface area contributed by atoms with Crippen LogP contribution >= 0.6 is 12.4 Å². The highest BCUT2D eigenvalue weighted by Crippen LogP contribution is 2.18. The number of hydrogen-bond acceptors (Lipinski definition) is 3. The number of benzene rings is 1. The normalized spacial score (nSPS) is 11.9. The topological polar surface area (TPSA) is 41.5 Å². The molecule has 1 atom stereocenters. The van der Waals surface area contributed by atoms with E-state index in [1.165, 1.54) is 0 Å². The number of ether oxygens (including phenoxy) is 1. The minimum Gasteiger partial charge on any atom is -0.508 e. The average molecular weight is 218 g/mol. The molecule has 0 amide bonds. The quantitative estimate of drug-likeness (QED) is 0.807. The maximum absolute atomic E-state index is 9.08. The van der Waals surface area contributed by atoms with Gasteiger partial charge in [-0.05, 0) is 24.7 Å². The lowest BCUT2D eigenvalue weighted by Crippen LogP contribution is -2.18. The van der Waals surface area contributed by atoms with Gasteiger partial charge in [-0.1, -0.05) is 12.1 Å². The summed E-state index contributed by atoms with van der Waals surface area (Å²) in [4.78, 5) is 0. The second-order valence-electron chi connectivity index (χ2n) is 2.87. The number of nitrogens with one attached hydrogen (secondary N) is 1. The van der Waals surface area contributed by atoms with E-state index in [1.54, 1.807) is 19.2 Å². The Hall–Kier alpha value is -0.770. The molecule has 0 aliphatic heterocycles. The SMILES string of the molecule is CNC[C@H](OC)c1ccc(O)cc1.Cl. The van der Waals surface area contributed by atoms with E-state index in [9.17, 15) is 0 Å². The Balaban J connectivity index is 0.00000169. The standard InChI is InChI=1S/C10H15NO2.ClH/c1-11-7-10(13-2)8-3-5-9(12)6-4-8;/h3-6,10-12H,7H2,1-2H3;1H/t10-;/m0./s1. The lowest BCUT2D eigenvalue weighted by atomic mass is 10.1. The van der Waals surface area contributed by atoms with Crippen molar-refractivity contribution in [1.29, 1.82) is 0 Å². The number of aromatic hydroxyl groups is 1. The zero-order chi connectivity index (χ0) is 9.68. The Morgan fingerprint density at radius 2 is 1.93 bits per heavy atom. The summed E-state index contributed by atoms with van der Waals surface area (Å²) in [7, 11) is 3.56. The van der Waals surface area contributed by atoms with Crippen molar-refractivity contribution in [2.75, 3.05) is 20.7 Å². The lowest BCUT2D eigenvalue weighted by molar-refractivity contribution is 0.104. The summed E-state index contributed by atoms with van der Waals surface area (Å²) in [6, 6.07) is 7.05. The van der Waals surface area contributed by atoms with E-state index in [-0.39, 0.29) is 24.3 Å². The van der Waals surface area contributed by atoms with E-state index in [0.717, 1.165) is 12.1 Å². The molecule has 1 aromatic carbocycles. The van der Waals surface area contributed by atoms with E-state index in [4.69, 9.17) is 9.84 Å². The fourth-order valence-electron chi connectivity index (χ4n) is 1.21. The van der Waals surface area contributed by atoms with Crippen LogP contribution in [0.3, 0.4) is 0 Å². The average Bonchev–Trinajstić information content (AvgIpc) is 2.16. The molecule has 0 radical (unpaired) electrons. The minimum atomic E-state index is 0. The Bertz CT molecular complexity index is 251. The molecule has 0 aliphatic carbocycles. The van der Waals surface area contributed by atoms with Crippen LogP contribution in [-0.2, 0) is 4.74 Å². The summed E-state index contributed by atoms with van der Waals surface area (Å²) in [6.45, 7) is 0.765. The van der Waals surface area contributed by atoms with Crippen LogP contribution in [0.4, 0.5) is 0 Å². The monoisotopic (exact) mass is 217 g/mol. The number of rotatable bonds is 4. The Labute approximate surface area is 90.5 Å². The molecular formula is C10H16ClNO2. The molecule has 2 N–H and O–H groups in total. The highest BCUT2D eigenvalue weighted by atomic mass is 35.5. The Morgan fingerprint density at radius 3 is 2.36 bits per heavy atom. The van der Waals surface area contributed by atoms with Gasteiger partial charge in [0.1, 0.15) is 5.75 Å². The molecule has 1 rings (SSSR count). The van der Waals surface area contributed by atoms with Crippen LogP contribution < -0.4 is 5.32 Å². The molecule has 0 aromatic heterocycles. The molecule has 0 bridgehead atoms. The smallest absolute Gasteiger partial charge is 0.115 e. The highest BCUT2D eigenvalue weighted by molar-refractivity contribution is 5.85. The largest absolute Gasteiger partial charge is 0.508 e. The Morgan fingerprint density at radius 1 is 1.36 bits per heavy atom. The van der Waals surface area contributed by atoms with Gasteiger partial charge in [-0.3, -0.25) is 0 Å². The zero-order valence-electron chi connectivity index (χ0n) is 8.36. The Kier molecular flexibility index (Phi) is 6.28. The fraction of sp³-hybridized carbons (Fsp3) is 0.400. The number of methoxy groups -OCH3 is 1. The van der Waals surface area contributed by atoms with Crippen LogP contribution in [0.15, 0.2) is 24.3 Å². The molecule has 0 aliphatic rings. The minimum absolute atomic E-state index is 0. The predicted molar refractivity (Wildman–Crippen MR) is 59.0 cm³/mol. The van der Waals surface area contributed by atoms with Crippen LogP contribution in [0.25, 0.3) is 0 Å². The maximum Gasteiger partial charge on any atom is 0.115 e. The first kappa shape index (κ1) is 13.2. The summed E-state index contributed by atoms with van der Waals surface area (Å²) in [5.74, 6) is 0.281. The number of hydrogen-bond donors (Lipinski definition) is 2. The number of phenols is 1. The van der Waals surface area contributed by atoms with Crippen LogP contribution in [0, 0.1) is 0 Å². The molecule has 80 valence electrons. The number of phenolic OH excluding ortho intramolecular Hbond substituents is 1. The highest BCUT2D eigenvalue weighted by Gasteiger charge is 2.08. The van der Waals surface area contributed by atoms with Gasteiger partial charge in [0.15, 0.2) is 0 Å². The van der Waals surface area contributed by atoms with Gasteiger partial charge >= 0.3 is 0 Å². The van der Waals surface area contributed by atoms with Gasteiger partial charge in [0.2, 0.25) is 0 Å². The van der Waals surface area contributed by atoms with E-state index in [0.29, 0.717) is 0 Å². The van der Waals surface area contributed by atoms with Gasteiger partial charge < -0.3 is 15.2 Å². The maximum atomic E-state index is 9.08. The second kappa shape index (κ2) is 6.65. The number of halogens is 1. The molecule has 4 heteroatoms. The molecule has 0 heterocycles. The molecule has 0 fully saturated rings. The molecule has 0 spiro atoms. The molecular weight excluding hydrogens is 202 g/mol. The van der Waals surface area contributed by atoms with Crippen molar-refractivity contribution in [3.8, 4) is 5.75 Å². The molecule has 0 saturated heterocycles. The number of likely N-dealkylation sites (N-methyl/N-ethyl adjacent to an activating group) is 1. The third-order valence-corrected chi connectivity index (χ3v) is 1.94. The third kappa shape index (κ3) is 3.54. The van der Waals surface area contributed by atoms with Crippen molar-refractivity contribution in [2.45, 2.75) is 6.10 Å². The van der Waals surface area contributed by atoms with Gasteiger partial charge in [-0.2, -0.15) is 0 Å². The summed E-state index contributed by atoms with van der Waals surface area (Å²) >= 11 is 0. The van der Waals surface area contributed by atoms with Gasteiger partial charge in [-0.15, -0.1) is 12.4 Å². The van der Waals surface area contributed by atoms with Crippen molar-refractivity contribution in [2.24, 2.45) is 0 Å². The van der Waals surface area contributed by atoms with Gasteiger partial charge in [0.25, 0.3) is 0 Å². The second-order valence-corrected chi connectivity index (χ2v) is 2.87. The van der Waals surface area contributed by atoms with E-state index < -0.39 is 0 Å². The van der Waals surface area contributed by atoms with Crippen LogP contribution in [0.5, 0.6) is 5.75 Å². The van der Waals surface area contributed by atoms with Crippen molar-refractivity contribution in [3.05, 3.63) is 29.8 Å². The first-order valence-corrected chi connectivity index (χ1v) is 4.24. The fourth-order valence-corrected chi connectivity index (χ4v) is 1.21. The van der Waals surface area contributed by atoms with Gasteiger partial charge in [0.05, 0.1) is 6.10 Å². The van der Waals surface area contributed by atoms with Crippen molar-refractivity contribution in [3.63, 3.8) is 0 Å². The molecule has 14 heavy (non-hydrogen) atoms. The van der Waals surface area contributed by atoms with E-state index >= 15 is 0 Å². The molecule has 0 saturated carbocycles. The summed E-state index contributed by atoms with van der Waals surface area (Å²) in [6.07, 6.45) is 0.0469. The third-order valence-electron chi connectivity index (χ3n) is 1.94. The van der Waals surface area contributed by atoms with Crippen LogP contribution in [-0.4, -0.2) is 25.8 Å². The van der Waals surface area contributed by atoms with Gasteiger partial charge in [0, 0.05) is 13.7 Å². The first-order chi connectivity index (χ1) is 6.27. The van der Waals surface area contributed by atoms with Crippen molar-refractivity contribution in [1.82, 2.24) is 5.32 Å². The molecule has 0 unspecified atom stereocenters. The summed E-state index contributed by atoms with van der Waals surface area (Å²) < 4.78 is 5.27. The van der Waals surface area contributed by atoms with Crippen LogP contribution in [0.2, 0.25) is 0 Å². The van der Waals surface area contributed by atoms with E-state index in [2.05, 4.69) is 5.32 Å². The summed E-state index contributed by atoms with van der Waals surface area (Å²) in [5, 5.41) is 12.1. The predicted octanol–water partition coefficient (Wildman–Crippen LogP) is 1.72. The van der Waals surface area contributed by atoms with Crippen molar-refractivity contribution < 1.29 is 9.84 Å². The van der Waals surface area contributed by atoms with Gasteiger partial charge in [-0.25, -0.2) is 0 Å². The summed E-state index contributed by atoms with van der Waals surface area (Å²) in [5.41, 5.74) is 1.06. The first-order valence-electron chi connectivity index (χ1n) is 4.24. The molecule has 3 nitrogen and oxygen atoms in total. The van der Waals surface area contributed by atoms with E-state index in [1.807, 2.05) is 19.2 Å².